The van der Waals surface area contributed by atoms with Crippen LogP contribution in [0.15, 0.2) is 4.02 Å². The van der Waals surface area contributed by atoms with E-state index in [0.717, 1.165) is 32.1 Å². The summed E-state index contributed by atoms with van der Waals surface area (Å²) in [5.41, 5.74) is 0. The van der Waals surface area contributed by atoms with Gasteiger partial charge in [0.25, 0.3) is 0 Å². The maximum absolute atomic E-state index is 4.15. The lowest BCUT2D eigenvalue weighted by atomic mass is 10.4. The van der Waals surface area contributed by atoms with Crippen molar-refractivity contribution in [1.29, 1.82) is 0 Å². The fourth-order valence-electron chi connectivity index (χ4n) is 1.32. The van der Waals surface area contributed by atoms with Gasteiger partial charge in [-0.25, -0.2) is 0 Å². The van der Waals surface area contributed by atoms with Crippen LogP contribution in [0, 0.1) is 0 Å². The van der Waals surface area contributed by atoms with E-state index in [2.05, 4.69) is 57.7 Å². The number of halogens is 1. The van der Waals surface area contributed by atoms with Crippen LogP contribution in [0.4, 0.5) is 0 Å². The highest BCUT2D eigenvalue weighted by atomic mass is 79.9. The summed E-state index contributed by atoms with van der Waals surface area (Å²) in [6, 6.07) is 0. The van der Waals surface area contributed by atoms with Crippen molar-refractivity contribution in [2.45, 2.75) is 27.7 Å². The summed E-state index contributed by atoms with van der Waals surface area (Å²) in [7, 11) is 0. The first-order valence-electron chi connectivity index (χ1n) is 4.93. The zero-order chi connectivity index (χ0) is 10.3. The molecule has 0 rings (SSSR count). The summed E-state index contributed by atoms with van der Waals surface area (Å²) in [6.07, 6.45) is 0. The highest BCUT2D eigenvalue weighted by Crippen LogP contribution is 2.02. The molecule has 0 unspecified atom stereocenters. The average Bonchev–Trinajstić information content (AvgIpc) is 2.18. The Morgan fingerprint density at radius 1 is 0.923 bits per heavy atom. The molecule has 0 aromatic heterocycles. The maximum Gasteiger partial charge on any atom is 0.208 e. The molecular weight excluding hydrogens is 230 g/mol. The molecule has 0 saturated heterocycles. The van der Waals surface area contributed by atoms with E-state index in [0.29, 0.717) is 0 Å². The molecule has 0 aliphatic heterocycles. The molecule has 0 aliphatic carbocycles. The van der Waals surface area contributed by atoms with Crippen LogP contribution in [0.5, 0.6) is 0 Å². The van der Waals surface area contributed by atoms with Gasteiger partial charge in [0.1, 0.15) is 0 Å². The van der Waals surface area contributed by atoms with E-state index in [1.165, 1.54) is 0 Å². The Kier molecular flexibility index (Phi) is 7.04. The number of guanidine groups is 1. The second-order valence-corrected chi connectivity index (χ2v) is 3.08. The topological polar surface area (TPSA) is 18.8 Å². The molecule has 3 nitrogen and oxygen atoms in total. The Hall–Kier alpha value is -0.250. The van der Waals surface area contributed by atoms with Crippen LogP contribution < -0.4 is 0 Å². The lowest BCUT2D eigenvalue weighted by molar-refractivity contribution is 0.353. The van der Waals surface area contributed by atoms with Crippen molar-refractivity contribution in [3.63, 3.8) is 0 Å². The first kappa shape index (κ1) is 12.8. The molecule has 0 aliphatic rings. The second-order valence-electron chi connectivity index (χ2n) is 2.73. The van der Waals surface area contributed by atoms with Crippen molar-refractivity contribution in [1.82, 2.24) is 9.80 Å². The van der Waals surface area contributed by atoms with Crippen LogP contribution in [0.2, 0.25) is 0 Å². The summed E-state index contributed by atoms with van der Waals surface area (Å²) < 4.78 is 4.15. The molecule has 78 valence electrons. The van der Waals surface area contributed by atoms with Gasteiger partial charge in [-0.1, -0.05) is 0 Å². The molecule has 0 aromatic rings. The zero-order valence-corrected chi connectivity index (χ0v) is 10.6. The Labute approximate surface area is 90.2 Å². The fraction of sp³-hybridized carbons (Fsp3) is 0.889. The van der Waals surface area contributed by atoms with E-state index >= 15 is 0 Å². The molecule has 0 spiro atoms. The van der Waals surface area contributed by atoms with E-state index < -0.39 is 0 Å². The van der Waals surface area contributed by atoms with E-state index in [-0.39, 0.29) is 0 Å². The van der Waals surface area contributed by atoms with Gasteiger partial charge in [0.2, 0.25) is 5.96 Å². The number of rotatable bonds is 4. The standard InChI is InChI=1S/C9H20BrN3/c1-5-12(6-2)9(11-10)13(7-3)8-4/h5-8H2,1-4H3. The maximum atomic E-state index is 4.15. The van der Waals surface area contributed by atoms with Crippen molar-refractivity contribution in [2.75, 3.05) is 26.2 Å². The van der Waals surface area contributed by atoms with Gasteiger partial charge in [-0.2, -0.15) is 4.02 Å². The molecule has 0 N–H and O–H groups in total. The zero-order valence-electron chi connectivity index (χ0n) is 9.05. The summed E-state index contributed by atoms with van der Waals surface area (Å²) in [5.74, 6) is 1.04. The molecule has 0 atom stereocenters. The van der Waals surface area contributed by atoms with Gasteiger partial charge in [-0.15, -0.1) is 0 Å². The van der Waals surface area contributed by atoms with Crippen LogP contribution in [0.1, 0.15) is 27.7 Å². The van der Waals surface area contributed by atoms with Gasteiger partial charge in [0.15, 0.2) is 0 Å². The third-order valence-corrected chi connectivity index (χ3v) is 2.49. The van der Waals surface area contributed by atoms with E-state index in [1.54, 1.807) is 0 Å². The van der Waals surface area contributed by atoms with Crippen molar-refractivity contribution in [3.05, 3.63) is 0 Å². The molecule has 0 saturated carbocycles. The second kappa shape index (κ2) is 7.18. The van der Waals surface area contributed by atoms with Crippen molar-refractivity contribution in [2.24, 2.45) is 4.02 Å². The minimum Gasteiger partial charge on any atom is -0.343 e. The number of hydrogen-bond donors (Lipinski definition) is 0. The Bertz CT molecular complexity index is 137. The quantitative estimate of drug-likeness (QED) is 0.563. The lowest BCUT2D eigenvalue weighted by Gasteiger charge is -2.30. The molecule has 0 radical (unpaired) electrons. The van der Waals surface area contributed by atoms with Gasteiger partial charge < -0.3 is 9.80 Å². The van der Waals surface area contributed by atoms with Gasteiger partial charge in [0.05, 0.1) is 16.1 Å². The highest BCUT2D eigenvalue weighted by molar-refractivity contribution is 9.08. The molecule has 0 aromatic carbocycles. The first-order valence-corrected chi connectivity index (χ1v) is 5.64. The van der Waals surface area contributed by atoms with Crippen molar-refractivity contribution in [3.8, 4) is 0 Å². The normalized spacial score (nSPS) is 9.62. The van der Waals surface area contributed by atoms with E-state index in [9.17, 15) is 0 Å². The summed E-state index contributed by atoms with van der Waals surface area (Å²) >= 11 is 3.18. The monoisotopic (exact) mass is 249 g/mol. The Morgan fingerprint density at radius 2 is 1.23 bits per heavy atom. The summed E-state index contributed by atoms with van der Waals surface area (Å²) in [5, 5.41) is 0. The van der Waals surface area contributed by atoms with Crippen LogP contribution in [-0.4, -0.2) is 41.9 Å². The fourth-order valence-corrected chi connectivity index (χ4v) is 1.77. The third-order valence-electron chi connectivity index (χ3n) is 2.17. The van der Waals surface area contributed by atoms with Gasteiger partial charge >= 0.3 is 0 Å². The molecule has 4 heteroatoms. The third kappa shape index (κ3) is 3.55. The smallest absolute Gasteiger partial charge is 0.208 e. The largest absolute Gasteiger partial charge is 0.343 e. The van der Waals surface area contributed by atoms with E-state index in [1.807, 2.05) is 0 Å². The molecule has 0 bridgehead atoms. The Balaban J connectivity index is 4.47. The van der Waals surface area contributed by atoms with Crippen LogP contribution >= 0.6 is 16.1 Å². The van der Waals surface area contributed by atoms with Crippen molar-refractivity contribution >= 4 is 22.1 Å². The molecule has 0 amide bonds. The first-order chi connectivity index (χ1) is 6.24. The van der Waals surface area contributed by atoms with Crippen LogP contribution in [-0.2, 0) is 0 Å². The average molecular weight is 250 g/mol. The lowest BCUT2D eigenvalue weighted by Crippen LogP contribution is -2.43. The minimum absolute atomic E-state index is 0.997. The molecular formula is C9H20BrN3. The van der Waals surface area contributed by atoms with Gasteiger partial charge in [-0.05, 0) is 27.7 Å². The number of nitrogens with zero attached hydrogens (tertiary/aromatic N) is 3. The van der Waals surface area contributed by atoms with Gasteiger partial charge in [-0.3, -0.25) is 0 Å². The molecule has 0 fully saturated rings. The Morgan fingerprint density at radius 3 is 1.38 bits per heavy atom. The van der Waals surface area contributed by atoms with Crippen LogP contribution in [0.3, 0.4) is 0 Å². The SMILES string of the molecule is CCN(CC)C(=NBr)N(CC)CC. The molecule has 13 heavy (non-hydrogen) atoms. The summed E-state index contributed by atoms with van der Waals surface area (Å²) in [4.78, 5) is 4.48. The van der Waals surface area contributed by atoms with Gasteiger partial charge in [0, 0.05) is 26.2 Å². The number of hydrogen-bond acceptors (Lipinski definition) is 1. The van der Waals surface area contributed by atoms with Crippen LogP contribution in [0.25, 0.3) is 0 Å². The highest BCUT2D eigenvalue weighted by Gasteiger charge is 2.12. The minimum atomic E-state index is 0.997. The van der Waals surface area contributed by atoms with Crippen molar-refractivity contribution < 1.29 is 0 Å². The predicted octanol–water partition coefficient (Wildman–Crippen LogP) is 2.34. The predicted molar refractivity (Wildman–Crippen MR) is 62.2 cm³/mol. The molecule has 0 heterocycles. The van der Waals surface area contributed by atoms with E-state index in [4.69, 9.17) is 0 Å². The summed E-state index contributed by atoms with van der Waals surface area (Å²) in [6.45, 7) is 12.6.